The van der Waals surface area contributed by atoms with Crippen LogP contribution in [0, 0.1) is 0 Å². The molecule has 0 radical (unpaired) electrons. The van der Waals surface area contributed by atoms with E-state index < -0.39 is 0 Å². The molecule has 0 fully saturated rings. The van der Waals surface area contributed by atoms with Crippen molar-refractivity contribution in [3.05, 3.63) is 44.3 Å². The van der Waals surface area contributed by atoms with Crippen LogP contribution in [-0.4, -0.2) is 10.8 Å². The molecule has 1 aliphatic heterocycles. The maximum absolute atomic E-state index is 12.0. The average molecular weight is 300 g/mol. The Morgan fingerprint density at radius 2 is 2.22 bits per heavy atom. The molecule has 6 heteroatoms. The summed E-state index contributed by atoms with van der Waals surface area (Å²) in [6.45, 7) is 0. The normalized spacial score (nSPS) is 18.3. The summed E-state index contributed by atoms with van der Waals surface area (Å²) in [4.78, 5) is 16.2. The molecule has 18 heavy (non-hydrogen) atoms. The van der Waals surface area contributed by atoms with Gasteiger partial charge in [0.05, 0.1) is 18.2 Å². The van der Waals surface area contributed by atoms with Crippen molar-refractivity contribution in [1.29, 1.82) is 0 Å². The second kappa shape index (κ2) is 4.53. The Morgan fingerprint density at radius 1 is 1.39 bits per heavy atom. The predicted octanol–water partition coefficient (Wildman–Crippen LogP) is 4.16. The maximum Gasteiger partial charge on any atom is 0.170 e. The molecule has 1 aliphatic rings. The van der Waals surface area contributed by atoms with E-state index in [-0.39, 0.29) is 18.3 Å². The van der Waals surface area contributed by atoms with Crippen molar-refractivity contribution < 1.29 is 9.53 Å². The van der Waals surface area contributed by atoms with Crippen LogP contribution in [0.3, 0.4) is 0 Å². The van der Waals surface area contributed by atoms with Crippen LogP contribution in [0.1, 0.15) is 27.9 Å². The third kappa shape index (κ3) is 2.11. The standard InChI is InChI=1S/C12H7Cl2NO2S/c13-6-1-2-9-7(3-6)8(16)4-10(17-9)12-15-5-11(14)18-12/h1-3,5,10H,4H2. The van der Waals surface area contributed by atoms with Gasteiger partial charge in [-0.15, -0.1) is 11.3 Å². The first-order valence-corrected chi connectivity index (χ1v) is 6.81. The summed E-state index contributed by atoms with van der Waals surface area (Å²) in [5, 5.41) is 1.25. The zero-order valence-electron chi connectivity index (χ0n) is 9.02. The molecule has 1 atom stereocenters. The highest BCUT2D eigenvalue weighted by Crippen LogP contribution is 2.37. The van der Waals surface area contributed by atoms with Gasteiger partial charge < -0.3 is 4.74 Å². The van der Waals surface area contributed by atoms with Gasteiger partial charge in [0.1, 0.15) is 15.1 Å². The molecule has 1 aromatic carbocycles. The molecule has 1 unspecified atom stereocenters. The number of aromatic nitrogens is 1. The van der Waals surface area contributed by atoms with Crippen molar-refractivity contribution in [2.75, 3.05) is 0 Å². The van der Waals surface area contributed by atoms with E-state index in [4.69, 9.17) is 27.9 Å². The summed E-state index contributed by atoms with van der Waals surface area (Å²) < 4.78 is 6.35. The number of nitrogens with zero attached hydrogens (tertiary/aromatic N) is 1. The lowest BCUT2D eigenvalue weighted by molar-refractivity contribution is 0.0850. The minimum atomic E-state index is -0.358. The summed E-state index contributed by atoms with van der Waals surface area (Å²) in [6, 6.07) is 5.03. The molecule has 0 aliphatic carbocycles. The minimum absolute atomic E-state index is 0.00933. The summed E-state index contributed by atoms with van der Waals surface area (Å²) in [7, 11) is 0. The number of halogens is 2. The van der Waals surface area contributed by atoms with E-state index in [1.54, 1.807) is 24.4 Å². The van der Waals surface area contributed by atoms with Gasteiger partial charge in [-0.05, 0) is 18.2 Å². The van der Waals surface area contributed by atoms with Crippen molar-refractivity contribution in [1.82, 2.24) is 4.98 Å². The number of hydrogen-bond acceptors (Lipinski definition) is 4. The van der Waals surface area contributed by atoms with Gasteiger partial charge in [0.2, 0.25) is 0 Å². The van der Waals surface area contributed by atoms with Gasteiger partial charge in [-0.1, -0.05) is 23.2 Å². The molecule has 2 heterocycles. The zero-order valence-corrected chi connectivity index (χ0v) is 11.4. The third-order valence-corrected chi connectivity index (χ3v) is 4.09. The van der Waals surface area contributed by atoms with E-state index in [1.807, 2.05) is 0 Å². The van der Waals surface area contributed by atoms with Crippen LogP contribution in [0.25, 0.3) is 0 Å². The number of benzene rings is 1. The number of fused-ring (bicyclic) bond motifs is 1. The molecule has 2 aromatic rings. The van der Waals surface area contributed by atoms with Gasteiger partial charge in [0.25, 0.3) is 0 Å². The van der Waals surface area contributed by atoms with E-state index in [1.165, 1.54) is 11.3 Å². The van der Waals surface area contributed by atoms with E-state index in [0.29, 0.717) is 25.7 Å². The number of ketones is 1. The number of Topliss-reactive ketones (excluding diaryl/α,β-unsaturated/α-hetero) is 1. The van der Waals surface area contributed by atoms with Crippen molar-refractivity contribution in [2.24, 2.45) is 0 Å². The van der Waals surface area contributed by atoms with Crippen molar-refractivity contribution in [3.63, 3.8) is 0 Å². The van der Waals surface area contributed by atoms with Crippen LogP contribution in [-0.2, 0) is 0 Å². The quantitative estimate of drug-likeness (QED) is 0.794. The molecular formula is C12H7Cl2NO2S. The van der Waals surface area contributed by atoms with Gasteiger partial charge >= 0.3 is 0 Å². The molecule has 3 rings (SSSR count). The van der Waals surface area contributed by atoms with Crippen LogP contribution < -0.4 is 4.74 Å². The highest BCUT2D eigenvalue weighted by Gasteiger charge is 2.29. The molecule has 0 saturated carbocycles. The Morgan fingerprint density at radius 3 is 2.94 bits per heavy atom. The van der Waals surface area contributed by atoms with E-state index in [0.717, 1.165) is 0 Å². The van der Waals surface area contributed by atoms with Gasteiger partial charge in [-0.3, -0.25) is 4.79 Å². The maximum atomic E-state index is 12.0. The fourth-order valence-electron chi connectivity index (χ4n) is 1.85. The molecular weight excluding hydrogens is 293 g/mol. The summed E-state index contributed by atoms with van der Waals surface area (Å²) in [6.07, 6.45) is 1.47. The molecule has 0 saturated heterocycles. The average Bonchev–Trinajstić information content (AvgIpc) is 2.77. The second-order valence-electron chi connectivity index (χ2n) is 3.88. The highest BCUT2D eigenvalue weighted by molar-refractivity contribution is 7.15. The Labute approximate surface area is 117 Å². The lowest BCUT2D eigenvalue weighted by atomic mass is 10.0. The summed E-state index contributed by atoms with van der Waals surface area (Å²) >= 11 is 13.0. The fraction of sp³-hybridized carbons (Fsp3) is 0.167. The Kier molecular flexibility index (Phi) is 3.01. The van der Waals surface area contributed by atoms with Gasteiger partial charge in [-0.2, -0.15) is 0 Å². The third-order valence-electron chi connectivity index (χ3n) is 2.65. The van der Waals surface area contributed by atoms with Crippen LogP contribution >= 0.6 is 34.5 Å². The minimum Gasteiger partial charge on any atom is -0.482 e. The van der Waals surface area contributed by atoms with Crippen LogP contribution in [0.4, 0.5) is 0 Å². The summed E-state index contributed by atoms with van der Waals surface area (Å²) in [5.74, 6) is 0.557. The Hall–Kier alpha value is -1.10. The van der Waals surface area contributed by atoms with Crippen LogP contribution in [0.15, 0.2) is 24.4 Å². The fourth-order valence-corrected chi connectivity index (χ4v) is 2.98. The number of thiazole rings is 1. The summed E-state index contributed by atoms with van der Waals surface area (Å²) in [5.41, 5.74) is 0.529. The highest BCUT2D eigenvalue weighted by atomic mass is 35.5. The second-order valence-corrected chi connectivity index (χ2v) is 6.01. The SMILES string of the molecule is O=C1CC(c2ncc(Cl)s2)Oc2ccc(Cl)cc21. The van der Waals surface area contributed by atoms with Crippen molar-refractivity contribution >= 4 is 40.3 Å². The van der Waals surface area contributed by atoms with Crippen LogP contribution in [0.2, 0.25) is 9.36 Å². The Balaban J connectivity index is 1.96. The largest absolute Gasteiger partial charge is 0.482 e. The molecule has 3 nitrogen and oxygen atoms in total. The molecule has 0 N–H and O–H groups in total. The zero-order chi connectivity index (χ0) is 12.7. The molecule has 0 amide bonds. The predicted molar refractivity (Wildman–Crippen MR) is 70.9 cm³/mol. The lowest BCUT2D eigenvalue weighted by Gasteiger charge is -2.23. The van der Waals surface area contributed by atoms with Crippen molar-refractivity contribution in [2.45, 2.75) is 12.5 Å². The number of carbonyl (C=O) groups excluding carboxylic acids is 1. The van der Waals surface area contributed by atoms with Crippen molar-refractivity contribution in [3.8, 4) is 5.75 Å². The molecule has 1 aromatic heterocycles. The van der Waals surface area contributed by atoms with Gasteiger partial charge in [-0.25, -0.2) is 4.98 Å². The first kappa shape index (κ1) is 12.0. The monoisotopic (exact) mass is 299 g/mol. The number of rotatable bonds is 1. The number of ether oxygens (including phenoxy) is 1. The Bertz CT molecular complexity index is 626. The smallest absolute Gasteiger partial charge is 0.170 e. The van der Waals surface area contributed by atoms with E-state index >= 15 is 0 Å². The van der Waals surface area contributed by atoms with Gasteiger partial charge in [0.15, 0.2) is 11.9 Å². The molecule has 0 bridgehead atoms. The molecule has 0 spiro atoms. The first-order chi connectivity index (χ1) is 8.63. The number of hydrogen-bond donors (Lipinski definition) is 0. The van der Waals surface area contributed by atoms with E-state index in [2.05, 4.69) is 4.98 Å². The first-order valence-electron chi connectivity index (χ1n) is 5.24. The van der Waals surface area contributed by atoms with E-state index in [9.17, 15) is 4.79 Å². The number of carbonyl (C=O) groups is 1. The van der Waals surface area contributed by atoms with Crippen LogP contribution in [0.5, 0.6) is 5.75 Å². The lowest BCUT2D eigenvalue weighted by Crippen LogP contribution is -2.20. The topological polar surface area (TPSA) is 39.2 Å². The van der Waals surface area contributed by atoms with Gasteiger partial charge in [0, 0.05) is 5.02 Å². The molecule has 92 valence electrons.